The Morgan fingerprint density at radius 2 is 1.72 bits per heavy atom. The number of nitrogens with one attached hydrogen (secondary N) is 1. The molecular formula is C20H23N2O6S+. The molecule has 0 amide bonds. The van der Waals surface area contributed by atoms with Gasteiger partial charge in [0.05, 0.1) is 36.6 Å². The Labute approximate surface area is 169 Å². The maximum atomic E-state index is 12.9. The van der Waals surface area contributed by atoms with E-state index in [9.17, 15) is 18.3 Å². The summed E-state index contributed by atoms with van der Waals surface area (Å²) in [5.74, 6) is 1.21. The molecule has 2 N–H and O–H groups in total. The lowest BCUT2D eigenvalue weighted by atomic mass is 10.1. The highest BCUT2D eigenvalue weighted by Crippen LogP contribution is 2.37. The molecule has 0 aliphatic carbocycles. The molecule has 9 heteroatoms. The van der Waals surface area contributed by atoms with Crippen LogP contribution in [0.5, 0.6) is 17.2 Å². The van der Waals surface area contributed by atoms with Gasteiger partial charge in [-0.15, -0.1) is 0 Å². The number of sulfonamides is 1. The lowest BCUT2D eigenvalue weighted by Gasteiger charge is -2.31. The quantitative estimate of drug-likeness (QED) is 0.682. The highest BCUT2D eigenvalue weighted by Gasteiger charge is 2.31. The minimum atomic E-state index is -3.59. The molecule has 0 bridgehead atoms. The van der Waals surface area contributed by atoms with Crippen LogP contribution in [0.25, 0.3) is 0 Å². The predicted molar refractivity (Wildman–Crippen MR) is 104 cm³/mol. The van der Waals surface area contributed by atoms with E-state index in [-0.39, 0.29) is 23.2 Å². The Hall–Kier alpha value is -2.62. The van der Waals surface area contributed by atoms with Crippen molar-refractivity contribution < 1.29 is 32.7 Å². The number of hydrogen-bond acceptors (Lipinski definition) is 6. The van der Waals surface area contributed by atoms with E-state index in [2.05, 4.69) is 0 Å². The molecule has 1 saturated heterocycles. The first-order valence-electron chi connectivity index (χ1n) is 9.41. The fourth-order valence-corrected chi connectivity index (χ4v) is 5.06. The van der Waals surface area contributed by atoms with Gasteiger partial charge in [0.2, 0.25) is 16.8 Å². The normalized spacial score (nSPS) is 17.4. The molecule has 2 aromatic carbocycles. The van der Waals surface area contributed by atoms with Crippen molar-refractivity contribution in [2.45, 2.75) is 18.4 Å². The Bertz CT molecular complexity index is 1030. The zero-order chi connectivity index (χ0) is 20.6. The van der Waals surface area contributed by atoms with Crippen LogP contribution < -0.4 is 14.4 Å². The standard InChI is InChI=1S/C20H22N2O6S/c1-14(23)15-2-4-17(5-3-15)29(25,26)22-8-6-21(7-9-22)12-16-10-19-20(11-18(16)24)28-13-27-19/h2-5,10-11,24H,6-9,12-13H2,1H3/p+1. The largest absolute Gasteiger partial charge is 0.507 e. The number of rotatable bonds is 5. The highest BCUT2D eigenvalue weighted by atomic mass is 32.2. The topological polar surface area (TPSA) is 97.6 Å². The molecule has 2 aliphatic rings. The van der Waals surface area contributed by atoms with Crippen LogP contribution in [0.3, 0.4) is 0 Å². The Kier molecular flexibility index (Phi) is 5.20. The van der Waals surface area contributed by atoms with Gasteiger partial charge in [0.25, 0.3) is 0 Å². The van der Waals surface area contributed by atoms with Crippen molar-refractivity contribution in [2.24, 2.45) is 0 Å². The van der Waals surface area contributed by atoms with Crippen molar-refractivity contribution in [1.29, 1.82) is 0 Å². The molecule has 0 aromatic heterocycles. The zero-order valence-corrected chi connectivity index (χ0v) is 16.9. The van der Waals surface area contributed by atoms with Crippen LogP contribution in [0.4, 0.5) is 0 Å². The van der Waals surface area contributed by atoms with Crippen molar-refractivity contribution in [3.05, 3.63) is 47.5 Å². The molecule has 4 rings (SSSR count). The third-order valence-corrected chi connectivity index (χ3v) is 7.26. The average Bonchev–Trinajstić information content (AvgIpc) is 3.16. The third-order valence-electron chi connectivity index (χ3n) is 5.34. The number of carbonyl (C=O) groups is 1. The van der Waals surface area contributed by atoms with Gasteiger partial charge in [0.1, 0.15) is 12.3 Å². The van der Waals surface area contributed by atoms with Crippen LogP contribution in [-0.4, -0.2) is 56.6 Å². The Balaban J connectivity index is 1.41. The number of piperazine rings is 1. The number of hydrogen-bond donors (Lipinski definition) is 2. The van der Waals surface area contributed by atoms with Gasteiger partial charge in [-0.2, -0.15) is 4.31 Å². The first kappa shape index (κ1) is 19.7. The second-order valence-electron chi connectivity index (χ2n) is 7.25. The Morgan fingerprint density at radius 1 is 1.10 bits per heavy atom. The van der Waals surface area contributed by atoms with Crippen molar-refractivity contribution in [2.75, 3.05) is 33.0 Å². The number of aromatic hydroxyl groups is 1. The molecule has 2 aromatic rings. The van der Waals surface area contributed by atoms with Gasteiger partial charge in [0, 0.05) is 11.6 Å². The zero-order valence-electron chi connectivity index (χ0n) is 16.1. The number of phenolic OH excluding ortho intramolecular Hbond substituents is 1. The summed E-state index contributed by atoms with van der Waals surface area (Å²) in [6.07, 6.45) is 0. The average molecular weight is 419 g/mol. The summed E-state index contributed by atoms with van der Waals surface area (Å²) in [6.45, 7) is 4.19. The van der Waals surface area contributed by atoms with Gasteiger partial charge in [-0.1, -0.05) is 12.1 Å². The van der Waals surface area contributed by atoms with Crippen LogP contribution in [0.15, 0.2) is 41.3 Å². The van der Waals surface area contributed by atoms with Gasteiger partial charge >= 0.3 is 0 Å². The molecule has 2 heterocycles. The number of phenols is 1. The van der Waals surface area contributed by atoms with E-state index in [0.717, 1.165) is 5.56 Å². The molecule has 2 aliphatic heterocycles. The molecule has 0 saturated carbocycles. The predicted octanol–water partition coefficient (Wildman–Crippen LogP) is 0.413. The Morgan fingerprint density at radius 3 is 2.34 bits per heavy atom. The van der Waals surface area contributed by atoms with Crippen LogP contribution in [0.1, 0.15) is 22.8 Å². The number of carbonyl (C=O) groups excluding carboxylic acids is 1. The summed E-state index contributed by atoms with van der Waals surface area (Å²) in [7, 11) is -3.59. The number of nitrogens with zero attached hydrogens (tertiary/aromatic N) is 1. The van der Waals surface area contributed by atoms with E-state index >= 15 is 0 Å². The minimum absolute atomic E-state index is 0.0991. The van der Waals surface area contributed by atoms with Crippen LogP contribution >= 0.6 is 0 Å². The summed E-state index contributed by atoms with van der Waals surface area (Å²) in [5.41, 5.74) is 1.24. The van der Waals surface area contributed by atoms with Crippen LogP contribution in [0, 0.1) is 0 Å². The van der Waals surface area contributed by atoms with E-state index in [0.29, 0.717) is 49.8 Å². The van der Waals surface area contributed by atoms with E-state index < -0.39 is 10.0 Å². The van der Waals surface area contributed by atoms with Crippen molar-refractivity contribution in [3.63, 3.8) is 0 Å². The van der Waals surface area contributed by atoms with Gasteiger partial charge in [0.15, 0.2) is 17.3 Å². The van der Waals surface area contributed by atoms with Crippen molar-refractivity contribution in [1.82, 2.24) is 4.31 Å². The first-order valence-corrected chi connectivity index (χ1v) is 10.8. The second kappa shape index (κ2) is 7.66. The second-order valence-corrected chi connectivity index (χ2v) is 9.18. The van der Waals surface area contributed by atoms with Gasteiger partial charge < -0.3 is 19.5 Å². The molecule has 8 nitrogen and oxygen atoms in total. The summed E-state index contributed by atoms with van der Waals surface area (Å²) in [5, 5.41) is 10.2. The highest BCUT2D eigenvalue weighted by molar-refractivity contribution is 7.89. The maximum absolute atomic E-state index is 12.9. The van der Waals surface area contributed by atoms with Gasteiger partial charge in [-0.3, -0.25) is 4.79 Å². The maximum Gasteiger partial charge on any atom is 0.243 e. The van der Waals surface area contributed by atoms with E-state index in [1.165, 1.54) is 28.3 Å². The SMILES string of the molecule is CC(=O)c1ccc(S(=O)(=O)N2CC[NH+](Cc3cc4c(cc3O)OCO4)CC2)cc1. The molecule has 154 valence electrons. The smallest absolute Gasteiger partial charge is 0.243 e. The molecular weight excluding hydrogens is 396 g/mol. The van der Waals surface area contributed by atoms with Gasteiger partial charge in [-0.25, -0.2) is 8.42 Å². The molecule has 0 unspecified atom stereocenters. The van der Waals surface area contributed by atoms with Gasteiger partial charge in [-0.05, 0) is 25.1 Å². The number of quaternary nitrogens is 1. The summed E-state index contributed by atoms with van der Waals surface area (Å²) < 4.78 is 37.8. The fraction of sp³-hybridized carbons (Fsp3) is 0.350. The minimum Gasteiger partial charge on any atom is -0.507 e. The van der Waals surface area contributed by atoms with Crippen molar-refractivity contribution in [3.8, 4) is 17.2 Å². The lowest BCUT2D eigenvalue weighted by molar-refractivity contribution is -0.917. The summed E-state index contributed by atoms with van der Waals surface area (Å²) in [6, 6.07) is 9.39. The summed E-state index contributed by atoms with van der Waals surface area (Å²) in [4.78, 5) is 12.8. The van der Waals surface area contributed by atoms with Crippen molar-refractivity contribution >= 4 is 15.8 Å². The molecule has 0 radical (unpaired) electrons. The van der Waals surface area contributed by atoms with E-state index in [4.69, 9.17) is 9.47 Å². The number of benzene rings is 2. The number of ketones is 1. The summed E-state index contributed by atoms with van der Waals surface area (Å²) >= 11 is 0. The van der Waals surface area contributed by atoms with E-state index in [1.807, 2.05) is 0 Å². The first-order chi connectivity index (χ1) is 13.8. The van der Waals surface area contributed by atoms with Crippen LogP contribution in [-0.2, 0) is 16.6 Å². The molecule has 1 fully saturated rings. The molecule has 0 spiro atoms. The molecule has 0 atom stereocenters. The number of fused-ring (bicyclic) bond motifs is 1. The number of ether oxygens (including phenoxy) is 2. The molecule has 29 heavy (non-hydrogen) atoms. The lowest BCUT2D eigenvalue weighted by Crippen LogP contribution is -3.13. The number of Topliss-reactive ketones (excluding diaryl/α,β-unsaturated/α-hetero) is 1. The van der Waals surface area contributed by atoms with Crippen LogP contribution in [0.2, 0.25) is 0 Å². The fourth-order valence-electron chi connectivity index (χ4n) is 3.61. The third kappa shape index (κ3) is 3.93. The monoisotopic (exact) mass is 419 g/mol. The van der Waals surface area contributed by atoms with E-state index in [1.54, 1.807) is 24.3 Å².